The minimum absolute atomic E-state index is 0.00390. The lowest BCUT2D eigenvalue weighted by Gasteiger charge is -2.40. The molecule has 0 heterocycles. The molecule has 106 valence electrons. The van der Waals surface area contributed by atoms with Gasteiger partial charge in [-0.1, -0.05) is 38.5 Å². The Balaban J connectivity index is 2.21. The van der Waals surface area contributed by atoms with Crippen LogP contribution in [-0.2, 0) is 10.2 Å². The van der Waals surface area contributed by atoms with Crippen molar-refractivity contribution in [2.24, 2.45) is 0 Å². The van der Waals surface area contributed by atoms with Crippen molar-refractivity contribution in [3.8, 4) is 5.75 Å². The fourth-order valence-electron chi connectivity index (χ4n) is 2.44. The molecule has 2 rings (SSSR count). The highest BCUT2D eigenvalue weighted by Crippen LogP contribution is 2.37. The fraction of sp³-hybridized carbons (Fsp3) is 0.625. The summed E-state index contributed by atoms with van der Waals surface area (Å²) in [6.45, 7) is 8.71. The van der Waals surface area contributed by atoms with Crippen molar-refractivity contribution < 1.29 is 9.47 Å². The summed E-state index contributed by atoms with van der Waals surface area (Å²) in [4.78, 5) is 0. The molecule has 1 saturated carbocycles. The van der Waals surface area contributed by atoms with E-state index in [0.717, 1.165) is 12.2 Å². The van der Waals surface area contributed by atoms with E-state index in [2.05, 4.69) is 45.9 Å². The smallest absolute Gasteiger partial charge is 0.128 e. The maximum Gasteiger partial charge on any atom is 0.128 e. The van der Waals surface area contributed by atoms with E-state index in [-0.39, 0.29) is 23.0 Å². The lowest BCUT2D eigenvalue weighted by molar-refractivity contribution is -0.0589. The van der Waals surface area contributed by atoms with Crippen LogP contribution in [0.3, 0.4) is 0 Å². The molecule has 2 nitrogen and oxygen atoms in total. The predicted octanol–water partition coefficient (Wildman–Crippen LogP) is 4.07. The van der Waals surface area contributed by atoms with E-state index < -0.39 is 0 Å². The van der Waals surface area contributed by atoms with Crippen LogP contribution in [0.5, 0.6) is 5.75 Å². The molecular weight excluding hydrogens is 260 g/mol. The van der Waals surface area contributed by atoms with Crippen molar-refractivity contribution in [1.29, 1.82) is 0 Å². The molecule has 3 unspecified atom stereocenters. The van der Waals surface area contributed by atoms with Crippen molar-refractivity contribution in [2.75, 3.05) is 7.11 Å². The highest BCUT2D eigenvalue weighted by atomic mass is 35.5. The van der Waals surface area contributed by atoms with Crippen LogP contribution in [0.2, 0.25) is 0 Å². The summed E-state index contributed by atoms with van der Waals surface area (Å²) >= 11 is 6.13. The molecule has 1 aromatic rings. The molecule has 0 radical (unpaired) electrons. The van der Waals surface area contributed by atoms with Gasteiger partial charge in [0.15, 0.2) is 0 Å². The third kappa shape index (κ3) is 3.06. The highest BCUT2D eigenvalue weighted by Gasteiger charge is 2.42. The maximum atomic E-state index is 6.13. The number of halogens is 1. The molecule has 1 aromatic carbocycles. The second kappa shape index (κ2) is 5.34. The van der Waals surface area contributed by atoms with Crippen LogP contribution in [-0.4, -0.2) is 24.7 Å². The van der Waals surface area contributed by atoms with Crippen LogP contribution in [0.15, 0.2) is 18.2 Å². The monoisotopic (exact) mass is 282 g/mol. The van der Waals surface area contributed by atoms with Gasteiger partial charge in [-0.25, -0.2) is 0 Å². The Labute approximate surface area is 121 Å². The normalized spacial score (nSPS) is 26.9. The van der Waals surface area contributed by atoms with Gasteiger partial charge < -0.3 is 9.47 Å². The zero-order chi connectivity index (χ0) is 14.2. The van der Waals surface area contributed by atoms with Crippen LogP contribution in [0.1, 0.15) is 38.3 Å². The number of hydrogen-bond acceptors (Lipinski definition) is 2. The molecule has 0 aliphatic heterocycles. The largest absolute Gasteiger partial charge is 0.487 e. The van der Waals surface area contributed by atoms with E-state index in [4.69, 9.17) is 21.1 Å². The van der Waals surface area contributed by atoms with E-state index in [1.807, 2.05) is 0 Å². The van der Waals surface area contributed by atoms with Gasteiger partial charge in [-0.15, -0.1) is 11.6 Å². The van der Waals surface area contributed by atoms with Crippen molar-refractivity contribution >= 4 is 11.6 Å². The van der Waals surface area contributed by atoms with Crippen molar-refractivity contribution in [2.45, 2.75) is 57.1 Å². The molecule has 19 heavy (non-hydrogen) atoms. The van der Waals surface area contributed by atoms with E-state index in [9.17, 15) is 0 Å². The van der Waals surface area contributed by atoms with Crippen molar-refractivity contribution in [3.05, 3.63) is 29.3 Å². The second-order valence-corrected chi connectivity index (χ2v) is 6.92. The van der Waals surface area contributed by atoms with Crippen LogP contribution < -0.4 is 4.74 Å². The fourth-order valence-corrected chi connectivity index (χ4v) is 2.88. The third-order valence-electron chi connectivity index (χ3n) is 3.67. The van der Waals surface area contributed by atoms with Gasteiger partial charge in [0.05, 0.1) is 5.38 Å². The molecule has 1 fully saturated rings. The van der Waals surface area contributed by atoms with Crippen molar-refractivity contribution in [3.63, 3.8) is 0 Å². The first kappa shape index (κ1) is 14.7. The quantitative estimate of drug-likeness (QED) is 0.778. The van der Waals surface area contributed by atoms with Crippen molar-refractivity contribution in [1.82, 2.24) is 0 Å². The summed E-state index contributed by atoms with van der Waals surface area (Å²) in [6, 6.07) is 6.35. The minimum atomic E-state index is -0.00390. The summed E-state index contributed by atoms with van der Waals surface area (Å²) in [5, 5.41) is 0.0681. The maximum absolute atomic E-state index is 6.13. The molecule has 0 N–H and O–H groups in total. The summed E-state index contributed by atoms with van der Waals surface area (Å²) in [5.74, 6) is 0.953. The van der Waals surface area contributed by atoms with Crippen LogP contribution in [0.25, 0.3) is 0 Å². The Kier molecular flexibility index (Phi) is 4.12. The SMILES string of the molecule is COC1C(Cl)CC1Oc1ccc(C)cc1C(C)(C)C. The van der Waals surface area contributed by atoms with Gasteiger partial charge in [0.25, 0.3) is 0 Å². The van der Waals surface area contributed by atoms with E-state index in [1.54, 1.807) is 7.11 Å². The van der Waals surface area contributed by atoms with Crippen LogP contribution in [0, 0.1) is 6.92 Å². The number of hydrogen-bond donors (Lipinski definition) is 0. The number of methoxy groups -OCH3 is 1. The highest BCUT2D eigenvalue weighted by molar-refractivity contribution is 6.21. The number of aryl methyl sites for hydroxylation is 1. The summed E-state index contributed by atoms with van der Waals surface area (Å²) in [6.07, 6.45) is 0.907. The van der Waals surface area contributed by atoms with E-state index in [1.165, 1.54) is 11.1 Å². The lowest BCUT2D eigenvalue weighted by atomic mass is 9.85. The molecule has 1 aliphatic rings. The molecule has 0 aromatic heterocycles. The number of benzene rings is 1. The van der Waals surface area contributed by atoms with Gasteiger partial charge in [0.2, 0.25) is 0 Å². The lowest BCUT2D eigenvalue weighted by Crippen LogP contribution is -2.52. The first-order chi connectivity index (χ1) is 8.82. The van der Waals surface area contributed by atoms with E-state index >= 15 is 0 Å². The predicted molar refractivity (Wildman–Crippen MR) is 79.4 cm³/mol. The Morgan fingerprint density at radius 2 is 1.95 bits per heavy atom. The first-order valence-corrected chi connectivity index (χ1v) is 7.21. The summed E-state index contributed by atoms with van der Waals surface area (Å²) < 4.78 is 11.5. The van der Waals surface area contributed by atoms with Gasteiger partial charge >= 0.3 is 0 Å². The molecule has 0 bridgehead atoms. The van der Waals surface area contributed by atoms with Gasteiger partial charge in [0.1, 0.15) is 18.0 Å². The van der Waals surface area contributed by atoms with E-state index in [0.29, 0.717) is 0 Å². The standard InChI is InChI=1S/C16H23ClO2/c1-10-6-7-13(11(8-10)16(2,3)4)19-14-9-12(17)15(14)18-5/h6-8,12,14-15H,9H2,1-5H3. The van der Waals surface area contributed by atoms with Gasteiger partial charge in [-0.3, -0.25) is 0 Å². The van der Waals surface area contributed by atoms with Gasteiger partial charge in [0, 0.05) is 13.5 Å². The minimum Gasteiger partial charge on any atom is -0.487 e. The Morgan fingerprint density at radius 1 is 1.26 bits per heavy atom. The summed E-state index contributed by atoms with van der Waals surface area (Å²) in [5.41, 5.74) is 2.55. The molecule has 0 amide bonds. The number of alkyl halides is 1. The van der Waals surface area contributed by atoms with Crippen LogP contribution in [0.4, 0.5) is 0 Å². The average molecular weight is 283 g/mol. The number of ether oxygens (including phenoxy) is 2. The van der Waals surface area contributed by atoms with Crippen LogP contribution >= 0.6 is 11.6 Å². The van der Waals surface area contributed by atoms with Gasteiger partial charge in [-0.05, 0) is 24.0 Å². The first-order valence-electron chi connectivity index (χ1n) is 6.77. The topological polar surface area (TPSA) is 18.5 Å². The average Bonchev–Trinajstić information content (AvgIpc) is 2.29. The Bertz CT molecular complexity index is 451. The molecule has 1 aliphatic carbocycles. The Morgan fingerprint density at radius 3 is 2.47 bits per heavy atom. The molecule has 3 heteroatoms. The zero-order valence-corrected chi connectivity index (χ0v) is 13.1. The zero-order valence-electron chi connectivity index (χ0n) is 12.4. The molecular formula is C16H23ClO2. The molecule has 0 saturated heterocycles. The molecule has 0 spiro atoms. The van der Waals surface area contributed by atoms with Gasteiger partial charge in [-0.2, -0.15) is 0 Å². The molecule has 3 atom stereocenters. The summed E-state index contributed by atoms with van der Waals surface area (Å²) in [7, 11) is 1.69. The number of rotatable bonds is 3. The Hall–Kier alpha value is -0.730. The third-order valence-corrected chi connectivity index (χ3v) is 4.10. The second-order valence-electron chi connectivity index (χ2n) is 6.36.